The third-order valence-corrected chi connectivity index (χ3v) is 3.60. The van der Waals surface area contributed by atoms with Crippen molar-refractivity contribution in [3.8, 4) is 0 Å². The molecule has 0 saturated carbocycles. The van der Waals surface area contributed by atoms with Crippen LogP contribution in [0.2, 0.25) is 0 Å². The second-order valence-corrected chi connectivity index (χ2v) is 5.76. The lowest BCUT2D eigenvalue weighted by atomic mass is 10.1. The Morgan fingerprint density at radius 2 is 1.77 bits per heavy atom. The zero-order valence-corrected chi connectivity index (χ0v) is 13.6. The monoisotopic (exact) mass is 361 g/mol. The van der Waals surface area contributed by atoms with E-state index in [4.69, 9.17) is 5.73 Å². The predicted octanol–water partition coefficient (Wildman–Crippen LogP) is 2.29. The van der Waals surface area contributed by atoms with Crippen molar-refractivity contribution >= 4 is 27.7 Å². The molecular formula is C16H16BrN3O2. The number of aryl methyl sites for hydroxylation is 1. The molecule has 0 bridgehead atoms. The van der Waals surface area contributed by atoms with Crippen molar-refractivity contribution in [2.45, 2.75) is 13.5 Å². The van der Waals surface area contributed by atoms with Crippen molar-refractivity contribution in [3.63, 3.8) is 0 Å². The molecule has 2 amide bonds. The number of hydrazine groups is 1. The molecular weight excluding hydrogens is 346 g/mol. The van der Waals surface area contributed by atoms with Crippen LogP contribution in [-0.2, 0) is 6.54 Å². The van der Waals surface area contributed by atoms with Gasteiger partial charge in [0.2, 0.25) is 5.91 Å². The molecule has 0 aliphatic heterocycles. The standard InChI is InChI=1S/C16H16BrN3O2/c1-10-2-4-11(5-3-10)9-19-20-16(22)14-8-12(17)6-7-13(14)15(18)21/h2-8,19H,9H2,1H3,(H2,18,21)(H,20,22). The normalized spacial score (nSPS) is 10.3. The molecule has 2 rings (SSSR count). The van der Waals surface area contributed by atoms with Crippen LogP contribution in [-0.4, -0.2) is 11.8 Å². The van der Waals surface area contributed by atoms with E-state index in [0.29, 0.717) is 11.0 Å². The highest BCUT2D eigenvalue weighted by atomic mass is 79.9. The van der Waals surface area contributed by atoms with E-state index in [9.17, 15) is 9.59 Å². The Kier molecular flexibility index (Phi) is 5.30. The molecule has 6 heteroatoms. The van der Waals surface area contributed by atoms with E-state index in [1.165, 1.54) is 11.6 Å². The Balaban J connectivity index is 2.02. The number of hydrogen-bond donors (Lipinski definition) is 3. The predicted molar refractivity (Wildman–Crippen MR) is 88.1 cm³/mol. The first-order chi connectivity index (χ1) is 10.5. The second-order valence-electron chi connectivity index (χ2n) is 4.85. The summed E-state index contributed by atoms with van der Waals surface area (Å²) in [6.07, 6.45) is 0. The Morgan fingerprint density at radius 1 is 1.09 bits per heavy atom. The molecule has 0 spiro atoms. The quantitative estimate of drug-likeness (QED) is 0.714. The van der Waals surface area contributed by atoms with E-state index in [2.05, 4.69) is 26.8 Å². The Labute approximate surface area is 137 Å². The van der Waals surface area contributed by atoms with Crippen LogP contribution in [0.3, 0.4) is 0 Å². The lowest BCUT2D eigenvalue weighted by Gasteiger charge is -2.10. The minimum absolute atomic E-state index is 0.179. The van der Waals surface area contributed by atoms with Gasteiger partial charge in [-0.3, -0.25) is 15.0 Å². The minimum atomic E-state index is -0.642. The van der Waals surface area contributed by atoms with Crippen molar-refractivity contribution in [3.05, 3.63) is 69.2 Å². The molecule has 4 N–H and O–H groups in total. The largest absolute Gasteiger partial charge is 0.366 e. The number of benzene rings is 2. The van der Waals surface area contributed by atoms with Crippen LogP contribution in [0.5, 0.6) is 0 Å². The van der Waals surface area contributed by atoms with E-state index in [1.807, 2.05) is 31.2 Å². The summed E-state index contributed by atoms with van der Waals surface area (Å²) in [4.78, 5) is 23.5. The van der Waals surface area contributed by atoms with Gasteiger partial charge in [-0.25, -0.2) is 5.43 Å². The van der Waals surface area contributed by atoms with Gasteiger partial charge in [0, 0.05) is 11.0 Å². The summed E-state index contributed by atoms with van der Waals surface area (Å²) in [5.41, 5.74) is 13.3. The summed E-state index contributed by atoms with van der Waals surface area (Å²) in [6.45, 7) is 2.49. The first kappa shape index (κ1) is 16.2. The van der Waals surface area contributed by atoms with Crippen LogP contribution < -0.4 is 16.6 Å². The minimum Gasteiger partial charge on any atom is -0.366 e. The SMILES string of the molecule is Cc1ccc(CNNC(=O)c2cc(Br)ccc2C(N)=O)cc1. The molecule has 2 aromatic carbocycles. The number of carbonyl (C=O) groups is 2. The molecule has 0 radical (unpaired) electrons. The molecule has 0 atom stereocenters. The molecule has 0 saturated heterocycles. The van der Waals surface area contributed by atoms with Gasteiger partial charge in [0.1, 0.15) is 0 Å². The fraction of sp³-hybridized carbons (Fsp3) is 0.125. The van der Waals surface area contributed by atoms with E-state index in [0.717, 1.165) is 5.56 Å². The number of primary amides is 1. The summed E-state index contributed by atoms with van der Waals surface area (Å²) in [6, 6.07) is 12.7. The summed E-state index contributed by atoms with van der Waals surface area (Å²) >= 11 is 3.27. The summed E-state index contributed by atoms with van der Waals surface area (Å²) in [5, 5.41) is 0. The van der Waals surface area contributed by atoms with Crippen molar-refractivity contribution in [1.29, 1.82) is 0 Å². The smallest absolute Gasteiger partial charge is 0.266 e. The average molecular weight is 362 g/mol. The van der Waals surface area contributed by atoms with Crippen molar-refractivity contribution in [2.75, 3.05) is 0 Å². The molecule has 22 heavy (non-hydrogen) atoms. The van der Waals surface area contributed by atoms with Gasteiger partial charge in [-0.05, 0) is 30.7 Å². The highest BCUT2D eigenvalue weighted by molar-refractivity contribution is 9.10. The lowest BCUT2D eigenvalue weighted by molar-refractivity contribution is 0.0918. The van der Waals surface area contributed by atoms with Crippen molar-refractivity contribution in [1.82, 2.24) is 10.9 Å². The van der Waals surface area contributed by atoms with Crippen LogP contribution >= 0.6 is 15.9 Å². The lowest BCUT2D eigenvalue weighted by Crippen LogP contribution is -2.37. The third kappa shape index (κ3) is 4.16. The van der Waals surface area contributed by atoms with Crippen molar-refractivity contribution < 1.29 is 9.59 Å². The zero-order chi connectivity index (χ0) is 16.1. The van der Waals surface area contributed by atoms with Crippen LogP contribution in [0.4, 0.5) is 0 Å². The number of carbonyl (C=O) groups excluding carboxylic acids is 2. The van der Waals surface area contributed by atoms with Gasteiger partial charge in [0.15, 0.2) is 0 Å². The molecule has 0 heterocycles. The summed E-state index contributed by atoms with van der Waals surface area (Å²) in [7, 11) is 0. The van der Waals surface area contributed by atoms with Gasteiger partial charge in [-0.15, -0.1) is 0 Å². The van der Waals surface area contributed by atoms with E-state index in [-0.39, 0.29) is 11.1 Å². The van der Waals surface area contributed by atoms with Gasteiger partial charge in [0.25, 0.3) is 5.91 Å². The topological polar surface area (TPSA) is 84.2 Å². The van der Waals surface area contributed by atoms with E-state index in [1.54, 1.807) is 12.1 Å². The fourth-order valence-electron chi connectivity index (χ4n) is 1.92. The molecule has 0 fully saturated rings. The zero-order valence-electron chi connectivity index (χ0n) is 12.0. The molecule has 2 aromatic rings. The number of amides is 2. The molecule has 5 nitrogen and oxygen atoms in total. The number of hydrogen-bond acceptors (Lipinski definition) is 3. The average Bonchev–Trinajstić information content (AvgIpc) is 2.48. The van der Waals surface area contributed by atoms with Crippen LogP contribution in [0.25, 0.3) is 0 Å². The Hall–Kier alpha value is -2.18. The first-order valence-electron chi connectivity index (χ1n) is 6.65. The maximum atomic E-state index is 12.2. The second kappa shape index (κ2) is 7.20. The number of rotatable bonds is 5. The van der Waals surface area contributed by atoms with E-state index < -0.39 is 11.8 Å². The molecule has 0 aliphatic carbocycles. The number of nitrogens with one attached hydrogen (secondary N) is 2. The third-order valence-electron chi connectivity index (χ3n) is 3.11. The van der Waals surface area contributed by atoms with Gasteiger partial charge in [-0.1, -0.05) is 45.8 Å². The molecule has 0 aromatic heterocycles. The highest BCUT2D eigenvalue weighted by Crippen LogP contribution is 2.16. The highest BCUT2D eigenvalue weighted by Gasteiger charge is 2.15. The summed E-state index contributed by atoms with van der Waals surface area (Å²) in [5.74, 6) is -1.06. The van der Waals surface area contributed by atoms with Gasteiger partial charge in [-0.2, -0.15) is 0 Å². The summed E-state index contributed by atoms with van der Waals surface area (Å²) < 4.78 is 0.696. The Bertz CT molecular complexity index is 699. The van der Waals surface area contributed by atoms with Crippen LogP contribution in [0, 0.1) is 6.92 Å². The molecule has 114 valence electrons. The molecule has 0 aliphatic rings. The number of nitrogens with two attached hydrogens (primary N) is 1. The Morgan fingerprint density at radius 3 is 2.41 bits per heavy atom. The molecule has 0 unspecified atom stereocenters. The fourth-order valence-corrected chi connectivity index (χ4v) is 2.28. The van der Waals surface area contributed by atoms with Gasteiger partial charge < -0.3 is 5.73 Å². The van der Waals surface area contributed by atoms with Gasteiger partial charge in [0.05, 0.1) is 11.1 Å². The maximum absolute atomic E-state index is 12.2. The maximum Gasteiger partial charge on any atom is 0.266 e. The number of halogens is 1. The van der Waals surface area contributed by atoms with Crippen LogP contribution in [0.1, 0.15) is 31.8 Å². The van der Waals surface area contributed by atoms with Crippen molar-refractivity contribution in [2.24, 2.45) is 5.73 Å². The van der Waals surface area contributed by atoms with E-state index >= 15 is 0 Å². The van der Waals surface area contributed by atoms with Crippen LogP contribution in [0.15, 0.2) is 46.9 Å². The van der Waals surface area contributed by atoms with Gasteiger partial charge >= 0.3 is 0 Å². The first-order valence-corrected chi connectivity index (χ1v) is 7.45.